The maximum absolute atomic E-state index is 11.4. The van der Waals surface area contributed by atoms with E-state index in [-0.39, 0.29) is 16.7 Å². The van der Waals surface area contributed by atoms with E-state index in [1.54, 1.807) is 6.92 Å². The van der Waals surface area contributed by atoms with Gasteiger partial charge < -0.3 is 5.11 Å². The summed E-state index contributed by atoms with van der Waals surface area (Å²) in [5, 5.41) is 10.6. The van der Waals surface area contributed by atoms with Crippen LogP contribution in [0, 0.1) is 0 Å². The van der Waals surface area contributed by atoms with Crippen LogP contribution in [0.2, 0.25) is 0 Å². The lowest BCUT2D eigenvalue weighted by atomic mass is 9.79. The van der Waals surface area contributed by atoms with Gasteiger partial charge in [-0.2, -0.15) is 0 Å². The maximum Gasteiger partial charge on any atom is 0.238 e. The summed E-state index contributed by atoms with van der Waals surface area (Å²) < 4.78 is 0. The molecule has 0 unspecified atom stereocenters. The van der Waals surface area contributed by atoms with Crippen LogP contribution in [0.25, 0.3) is 0 Å². The van der Waals surface area contributed by atoms with Gasteiger partial charge >= 0.3 is 0 Å². The number of anilines is 1. The molecule has 1 aromatic carbocycles. The number of aromatic hydroxyl groups is 1. The quantitative estimate of drug-likeness (QED) is 0.586. The van der Waals surface area contributed by atoms with E-state index < -0.39 is 0 Å². The minimum Gasteiger partial charge on any atom is -0.507 e. The van der Waals surface area contributed by atoms with Crippen LogP contribution in [0.1, 0.15) is 66.0 Å². The van der Waals surface area contributed by atoms with Crippen molar-refractivity contribution in [3.05, 3.63) is 23.3 Å². The lowest BCUT2D eigenvalue weighted by Crippen LogP contribution is -2.29. The minimum atomic E-state index is -0.184. The Hall–Kier alpha value is -1.71. The monoisotopic (exact) mass is 292 g/mol. The lowest BCUT2D eigenvalue weighted by molar-refractivity contribution is -0.120. The normalized spacial score (nSPS) is 12.1. The number of carbonyl (C=O) groups excluding carboxylic acids is 1. The number of hydrogen-bond acceptors (Lipinski definition) is 3. The van der Waals surface area contributed by atoms with Crippen molar-refractivity contribution >= 4 is 11.6 Å². The Morgan fingerprint density at radius 2 is 1.48 bits per heavy atom. The molecule has 1 amide bonds. The second-order valence-electron chi connectivity index (χ2n) is 7.45. The Morgan fingerprint density at radius 1 is 1.05 bits per heavy atom. The molecule has 0 saturated heterocycles. The van der Waals surface area contributed by atoms with Gasteiger partial charge in [-0.3, -0.25) is 15.6 Å². The molecule has 0 radical (unpaired) electrons. The highest BCUT2D eigenvalue weighted by molar-refractivity contribution is 5.77. The van der Waals surface area contributed by atoms with Gasteiger partial charge in [0.05, 0.1) is 5.69 Å². The number of rotatable bonds is 3. The number of carbonyl (C=O) groups is 1. The van der Waals surface area contributed by atoms with Crippen molar-refractivity contribution in [3.8, 4) is 5.75 Å². The average molecular weight is 292 g/mol. The Balaban J connectivity index is 3.31. The Morgan fingerprint density at radius 3 is 1.81 bits per heavy atom. The first-order valence-electron chi connectivity index (χ1n) is 7.39. The molecule has 0 aliphatic heterocycles. The van der Waals surface area contributed by atoms with E-state index in [0.29, 0.717) is 12.2 Å². The predicted octanol–water partition coefficient (Wildman–Crippen LogP) is 3.84. The molecule has 0 aromatic heterocycles. The Labute approximate surface area is 127 Å². The molecule has 4 heteroatoms. The minimum absolute atomic E-state index is 0.0716. The predicted molar refractivity (Wildman–Crippen MR) is 87.6 cm³/mol. The Bertz CT molecular complexity index is 488. The first kappa shape index (κ1) is 17.3. The fourth-order valence-corrected chi connectivity index (χ4v) is 2.08. The molecule has 21 heavy (non-hydrogen) atoms. The van der Waals surface area contributed by atoms with Crippen LogP contribution < -0.4 is 10.9 Å². The number of amides is 1. The van der Waals surface area contributed by atoms with Crippen molar-refractivity contribution in [3.63, 3.8) is 0 Å². The summed E-state index contributed by atoms with van der Waals surface area (Å²) in [5.41, 5.74) is 7.73. The SMILES string of the molecule is CCC(=O)NNc1cc(C(C)(C)C)c(O)c(C(C)(C)C)c1. The van der Waals surface area contributed by atoms with E-state index in [9.17, 15) is 9.90 Å². The molecule has 1 rings (SSSR count). The number of hydrazine groups is 1. The topological polar surface area (TPSA) is 61.4 Å². The molecule has 0 spiro atoms. The summed E-state index contributed by atoms with van der Waals surface area (Å²) in [6.07, 6.45) is 0.420. The van der Waals surface area contributed by atoms with Crippen LogP contribution in [-0.4, -0.2) is 11.0 Å². The van der Waals surface area contributed by atoms with E-state index in [0.717, 1.165) is 16.8 Å². The number of nitrogens with one attached hydrogen (secondary N) is 2. The molecular formula is C17H28N2O2. The fraction of sp³-hybridized carbons (Fsp3) is 0.588. The zero-order valence-electron chi connectivity index (χ0n) is 14.2. The highest BCUT2D eigenvalue weighted by Gasteiger charge is 2.26. The van der Waals surface area contributed by atoms with Crippen LogP contribution in [0.5, 0.6) is 5.75 Å². The second-order valence-corrected chi connectivity index (χ2v) is 7.45. The molecule has 0 atom stereocenters. The van der Waals surface area contributed by atoms with Crippen LogP contribution in [0.4, 0.5) is 5.69 Å². The van der Waals surface area contributed by atoms with Crippen molar-refractivity contribution < 1.29 is 9.90 Å². The van der Waals surface area contributed by atoms with E-state index in [4.69, 9.17) is 0 Å². The van der Waals surface area contributed by atoms with Gasteiger partial charge in [-0.15, -0.1) is 0 Å². The summed E-state index contributed by atoms with van der Waals surface area (Å²) >= 11 is 0. The number of phenols is 1. The van der Waals surface area contributed by atoms with E-state index in [1.807, 2.05) is 12.1 Å². The van der Waals surface area contributed by atoms with Crippen molar-refractivity contribution in [2.45, 2.75) is 65.7 Å². The number of benzene rings is 1. The van der Waals surface area contributed by atoms with Crippen molar-refractivity contribution in [2.24, 2.45) is 0 Å². The third-order valence-corrected chi connectivity index (χ3v) is 3.39. The van der Waals surface area contributed by atoms with Gasteiger partial charge in [0.2, 0.25) is 5.91 Å². The van der Waals surface area contributed by atoms with Gasteiger partial charge in [0.25, 0.3) is 0 Å². The van der Waals surface area contributed by atoms with E-state index in [2.05, 4.69) is 52.4 Å². The van der Waals surface area contributed by atoms with E-state index in [1.165, 1.54) is 0 Å². The molecule has 4 nitrogen and oxygen atoms in total. The van der Waals surface area contributed by atoms with E-state index >= 15 is 0 Å². The molecule has 0 heterocycles. The summed E-state index contributed by atoms with van der Waals surface area (Å²) in [5.74, 6) is 0.264. The largest absolute Gasteiger partial charge is 0.507 e. The molecule has 1 aromatic rings. The van der Waals surface area contributed by atoms with Gasteiger partial charge in [0, 0.05) is 17.5 Å². The standard InChI is InChI=1S/C17H28N2O2/c1-8-14(20)19-18-11-9-12(16(2,3)4)15(21)13(10-11)17(5,6)7/h9-10,18,21H,8H2,1-7H3,(H,19,20). The third-order valence-electron chi connectivity index (χ3n) is 3.39. The first-order chi connectivity index (χ1) is 9.46. The van der Waals surface area contributed by atoms with Gasteiger partial charge in [-0.05, 0) is 23.0 Å². The molecule has 0 fully saturated rings. The van der Waals surface area contributed by atoms with Crippen molar-refractivity contribution in [1.29, 1.82) is 0 Å². The molecule has 0 aliphatic rings. The molecule has 0 aliphatic carbocycles. The van der Waals surface area contributed by atoms with Crippen LogP contribution in [0.15, 0.2) is 12.1 Å². The number of phenolic OH excluding ortho intramolecular Hbond substituents is 1. The van der Waals surface area contributed by atoms with Crippen molar-refractivity contribution in [1.82, 2.24) is 5.43 Å². The smallest absolute Gasteiger partial charge is 0.238 e. The highest BCUT2D eigenvalue weighted by Crippen LogP contribution is 2.40. The van der Waals surface area contributed by atoms with Gasteiger partial charge in [0.15, 0.2) is 0 Å². The highest BCUT2D eigenvalue weighted by atomic mass is 16.3. The lowest BCUT2D eigenvalue weighted by Gasteiger charge is -2.28. The Kier molecular flexibility index (Phi) is 4.92. The molecule has 3 N–H and O–H groups in total. The van der Waals surface area contributed by atoms with Crippen molar-refractivity contribution in [2.75, 3.05) is 5.43 Å². The summed E-state index contributed by atoms with van der Waals surface area (Å²) in [7, 11) is 0. The zero-order valence-corrected chi connectivity index (χ0v) is 14.2. The maximum atomic E-state index is 11.4. The van der Waals surface area contributed by atoms with Gasteiger partial charge in [0.1, 0.15) is 5.75 Å². The summed E-state index contributed by atoms with van der Waals surface area (Å²) in [6, 6.07) is 3.78. The molecular weight excluding hydrogens is 264 g/mol. The van der Waals surface area contributed by atoms with Gasteiger partial charge in [-0.1, -0.05) is 48.5 Å². The third kappa shape index (κ3) is 4.38. The number of hydrogen-bond donors (Lipinski definition) is 3. The summed E-state index contributed by atoms with van der Waals surface area (Å²) in [6.45, 7) is 14.2. The van der Waals surface area contributed by atoms with Crippen LogP contribution in [-0.2, 0) is 15.6 Å². The fourth-order valence-electron chi connectivity index (χ4n) is 2.08. The molecule has 118 valence electrons. The van der Waals surface area contributed by atoms with Crippen LogP contribution in [0.3, 0.4) is 0 Å². The summed E-state index contributed by atoms with van der Waals surface area (Å²) in [4.78, 5) is 11.4. The second kappa shape index (κ2) is 5.96. The van der Waals surface area contributed by atoms with Gasteiger partial charge in [-0.25, -0.2) is 0 Å². The average Bonchev–Trinajstić information content (AvgIpc) is 2.34. The zero-order chi connectivity index (χ0) is 16.4. The first-order valence-corrected chi connectivity index (χ1v) is 7.39. The molecule has 0 saturated carbocycles. The molecule has 0 bridgehead atoms. The van der Waals surface area contributed by atoms with Crippen LogP contribution >= 0.6 is 0 Å².